The zero-order chi connectivity index (χ0) is 8.55. The van der Waals surface area contributed by atoms with Crippen LogP contribution in [0.5, 0.6) is 0 Å². The summed E-state index contributed by atoms with van der Waals surface area (Å²) in [7, 11) is 0. The highest BCUT2D eigenvalue weighted by atomic mass is 15.2. The third-order valence-corrected chi connectivity index (χ3v) is 2.08. The molecule has 12 heavy (non-hydrogen) atoms. The van der Waals surface area contributed by atoms with E-state index in [4.69, 9.17) is 0 Å². The first-order valence-corrected chi connectivity index (χ1v) is 4.18. The van der Waals surface area contributed by atoms with Gasteiger partial charge in [-0.05, 0) is 32.1 Å². The lowest BCUT2D eigenvalue weighted by Gasteiger charge is -2.30. The van der Waals surface area contributed by atoms with Gasteiger partial charge in [-0.3, -0.25) is 0 Å². The molecule has 0 aromatic rings. The number of nitrogens with zero attached hydrogens (tertiary/aromatic N) is 2. The molecule has 2 nitrogen and oxygen atoms in total. The molecule has 2 rings (SSSR count). The fourth-order valence-electron chi connectivity index (χ4n) is 1.53. The van der Waals surface area contributed by atoms with E-state index in [1.807, 2.05) is 25.2 Å². The van der Waals surface area contributed by atoms with E-state index in [1.165, 1.54) is 0 Å². The van der Waals surface area contributed by atoms with Gasteiger partial charge in [-0.1, -0.05) is 6.08 Å². The van der Waals surface area contributed by atoms with Gasteiger partial charge in [0.15, 0.2) is 0 Å². The first kappa shape index (κ1) is 7.35. The lowest BCUT2D eigenvalue weighted by Crippen LogP contribution is -2.35. The van der Waals surface area contributed by atoms with Gasteiger partial charge in [0.25, 0.3) is 0 Å². The van der Waals surface area contributed by atoms with Crippen molar-refractivity contribution < 1.29 is 0 Å². The molecule has 1 atom stereocenters. The number of amidine groups is 1. The largest absolute Gasteiger partial charge is 0.326 e. The number of hydrogen-bond acceptors (Lipinski definition) is 2. The topological polar surface area (TPSA) is 15.6 Å². The molecule has 2 heteroatoms. The van der Waals surface area contributed by atoms with Gasteiger partial charge < -0.3 is 4.90 Å². The second-order valence-corrected chi connectivity index (χ2v) is 3.13. The number of aliphatic imine (C=N–C) groups is 1. The second-order valence-electron chi connectivity index (χ2n) is 3.13. The molecule has 0 aromatic carbocycles. The molecular weight excluding hydrogens is 148 g/mol. The number of hydrogen-bond donors (Lipinski definition) is 0. The molecule has 0 saturated heterocycles. The van der Waals surface area contributed by atoms with Crippen molar-refractivity contribution in [3.63, 3.8) is 0 Å². The Bertz CT molecular complexity index is 308. The average Bonchev–Trinajstić information content (AvgIpc) is 2.04. The van der Waals surface area contributed by atoms with Crippen LogP contribution in [0.1, 0.15) is 13.8 Å². The maximum atomic E-state index is 4.42. The van der Waals surface area contributed by atoms with E-state index in [2.05, 4.69) is 29.1 Å². The van der Waals surface area contributed by atoms with Crippen LogP contribution in [0.3, 0.4) is 0 Å². The second kappa shape index (κ2) is 2.63. The molecule has 1 unspecified atom stereocenters. The maximum Gasteiger partial charge on any atom is 0.133 e. The SMILES string of the molecule is CC1=CC(C)N2C=CC=CC2=N1. The Morgan fingerprint density at radius 1 is 1.42 bits per heavy atom. The predicted molar refractivity (Wildman–Crippen MR) is 50.8 cm³/mol. The number of fused-ring (bicyclic) bond motifs is 1. The van der Waals surface area contributed by atoms with Gasteiger partial charge in [0.2, 0.25) is 0 Å². The quantitative estimate of drug-likeness (QED) is 0.529. The third-order valence-electron chi connectivity index (χ3n) is 2.08. The molecule has 2 heterocycles. The molecule has 2 aliphatic heterocycles. The third kappa shape index (κ3) is 1.09. The Kier molecular flexibility index (Phi) is 1.61. The minimum absolute atomic E-state index is 0.429. The summed E-state index contributed by atoms with van der Waals surface area (Å²) in [5.74, 6) is 1.05. The van der Waals surface area contributed by atoms with Crippen molar-refractivity contribution in [2.45, 2.75) is 19.9 Å². The molecule has 0 bridgehead atoms. The Balaban J connectivity index is 2.38. The summed E-state index contributed by atoms with van der Waals surface area (Å²) in [6.45, 7) is 4.20. The van der Waals surface area contributed by atoms with Crippen LogP contribution in [0, 0.1) is 0 Å². The zero-order valence-electron chi connectivity index (χ0n) is 7.36. The van der Waals surface area contributed by atoms with Gasteiger partial charge >= 0.3 is 0 Å². The van der Waals surface area contributed by atoms with E-state index in [0.29, 0.717) is 6.04 Å². The average molecular weight is 160 g/mol. The van der Waals surface area contributed by atoms with E-state index in [9.17, 15) is 0 Å². The molecular formula is C10H12N2. The molecule has 62 valence electrons. The first-order chi connectivity index (χ1) is 5.77. The van der Waals surface area contributed by atoms with E-state index in [0.717, 1.165) is 11.5 Å². The predicted octanol–water partition coefficient (Wildman–Crippen LogP) is 2.08. The molecule has 0 saturated carbocycles. The molecule has 0 aromatic heterocycles. The summed E-state index contributed by atoms with van der Waals surface area (Å²) >= 11 is 0. The Hall–Kier alpha value is -1.31. The first-order valence-electron chi connectivity index (χ1n) is 4.18. The van der Waals surface area contributed by atoms with E-state index in [-0.39, 0.29) is 0 Å². The summed E-state index contributed by atoms with van der Waals surface area (Å²) in [5.41, 5.74) is 1.11. The molecule has 0 aliphatic carbocycles. The van der Waals surface area contributed by atoms with Gasteiger partial charge in [0.05, 0.1) is 6.04 Å². The molecule has 0 radical (unpaired) electrons. The van der Waals surface area contributed by atoms with Crippen molar-refractivity contribution in [3.05, 3.63) is 36.2 Å². The van der Waals surface area contributed by atoms with Crippen molar-refractivity contribution in [3.8, 4) is 0 Å². The minimum Gasteiger partial charge on any atom is -0.326 e. The van der Waals surface area contributed by atoms with Crippen LogP contribution < -0.4 is 0 Å². The summed E-state index contributed by atoms with van der Waals surface area (Å²) in [6.07, 6.45) is 10.3. The summed E-state index contributed by atoms with van der Waals surface area (Å²) in [5, 5.41) is 0. The van der Waals surface area contributed by atoms with Gasteiger partial charge in [-0.25, -0.2) is 4.99 Å². The van der Waals surface area contributed by atoms with Crippen LogP contribution in [0.25, 0.3) is 0 Å². The van der Waals surface area contributed by atoms with Crippen LogP contribution in [0.15, 0.2) is 41.2 Å². The van der Waals surface area contributed by atoms with Gasteiger partial charge in [-0.2, -0.15) is 0 Å². The lowest BCUT2D eigenvalue weighted by molar-refractivity contribution is 0.487. The van der Waals surface area contributed by atoms with Crippen LogP contribution in [-0.4, -0.2) is 16.8 Å². The molecule has 2 aliphatic rings. The van der Waals surface area contributed by atoms with Gasteiger partial charge in [0.1, 0.15) is 5.84 Å². The molecule has 0 fully saturated rings. The fraction of sp³-hybridized carbons (Fsp3) is 0.300. The zero-order valence-corrected chi connectivity index (χ0v) is 7.36. The summed E-state index contributed by atoms with van der Waals surface area (Å²) in [4.78, 5) is 6.58. The normalized spacial score (nSPS) is 26.5. The highest BCUT2D eigenvalue weighted by Crippen LogP contribution is 2.17. The Morgan fingerprint density at radius 3 is 3.08 bits per heavy atom. The minimum atomic E-state index is 0.429. The monoisotopic (exact) mass is 160 g/mol. The lowest BCUT2D eigenvalue weighted by atomic mass is 10.1. The molecule has 0 spiro atoms. The van der Waals surface area contributed by atoms with Crippen molar-refractivity contribution in [2.24, 2.45) is 4.99 Å². The number of rotatable bonds is 0. The van der Waals surface area contributed by atoms with Crippen LogP contribution in [0.4, 0.5) is 0 Å². The molecule has 0 amide bonds. The summed E-state index contributed by atoms with van der Waals surface area (Å²) < 4.78 is 0. The van der Waals surface area contributed by atoms with Crippen molar-refractivity contribution in [1.82, 2.24) is 4.90 Å². The van der Waals surface area contributed by atoms with Crippen LogP contribution >= 0.6 is 0 Å². The number of allylic oxidation sites excluding steroid dienone is 3. The summed E-state index contributed by atoms with van der Waals surface area (Å²) in [6, 6.07) is 0.429. The molecule has 0 N–H and O–H groups in total. The van der Waals surface area contributed by atoms with E-state index >= 15 is 0 Å². The smallest absolute Gasteiger partial charge is 0.133 e. The van der Waals surface area contributed by atoms with Gasteiger partial charge in [0, 0.05) is 11.9 Å². The van der Waals surface area contributed by atoms with E-state index < -0.39 is 0 Å². The van der Waals surface area contributed by atoms with Crippen molar-refractivity contribution in [2.75, 3.05) is 0 Å². The fourth-order valence-corrected chi connectivity index (χ4v) is 1.53. The van der Waals surface area contributed by atoms with Crippen molar-refractivity contribution >= 4 is 5.84 Å². The highest BCUT2D eigenvalue weighted by molar-refractivity contribution is 5.96. The van der Waals surface area contributed by atoms with Crippen molar-refractivity contribution in [1.29, 1.82) is 0 Å². The maximum absolute atomic E-state index is 4.42. The van der Waals surface area contributed by atoms with Crippen LogP contribution in [-0.2, 0) is 0 Å². The Morgan fingerprint density at radius 2 is 2.25 bits per heavy atom. The highest BCUT2D eigenvalue weighted by Gasteiger charge is 2.17. The Labute approximate surface area is 72.6 Å². The van der Waals surface area contributed by atoms with Crippen LogP contribution in [0.2, 0.25) is 0 Å². The standard InChI is InChI=1S/C10H12N2/c1-8-7-9(2)12-6-4-3-5-10(12)11-8/h3-7,9H,1-2H3. The van der Waals surface area contributed by atoms with Gasteiger partial charge in [-0.15, -0.1) is 0 Å². The van der Waals surface area contributed by atoms with E-state index in [1.54, 1.807) is 0 Å².